The van der Waals surface area contributed by atoms with E-state index in [-0.39, 0.29) is 27.5 Å². The molecular formula is C16H20N10O2S2. The predicted octanol–water partition coefficient (Wildman–Crippen LogP) is -1.88. The summed E-state index contributed by atoms with van der Waals surface area (Å²) in [5.41, 5.74) is 16.0. The maximum absolute atomic E-state index is 13.0. The van der Waals surface area contributed by atoms with Crippen molar-refractivity contribution >= 4 is 39.2 Å². The van der Waals surface area contributed by atoms with Crippen LogP contribution in [0.4, 0.5) is 5.95 Å². The van der Waals surface area contributed by atoms with E-state index in [4.69, 9.17) is 22.4 Å². The van der Waals surface area contributed by atoms with E-state index in [0.29, 0.717) is 34.8 Å². The molecule has 2 unspecified atom stereocenters. The number of amidine groups is 1. The molecule has 1 aliphatic heterocycles. The largest absolute Gasteiger partial charge is 0.382 e. The molecule has 1 aromatic carbocycles. The molecule has 3 aromatic rings. The number of aromatic nitrogens is 3. The Hall–Kier alpha value is -2.91. The van der Waals surface area contributed by atoms with Crippen LogP contribution in [-0.4, -0.2) is 47.2 Å². The maximum atomic E-state index is 13.0. The van der Waals surface area contributed by atoms with Gasteiger partial charge in [-0.05, 0) is 23.8 Å². The van der Waals surface area contributed by atoms with E-state index in [2.05, 4.69) is 26.0 Å². The van der Waals surface area contributed by atoms with Crippen LogP contribution < -0.4 is 33.3 Å². The van der Waals surface area contributed by atoms with E-state index in [1.807, 2.05) is 0 Å². The molecular weight excluding hydrogens is 428 g/mol. The smallest absolute Gasteiger partial charge is 0.240 e. The Balaban J connectivity index is 1.97. The summed E-state index contributed by atoms with van der Waals surface area (Å²) in [5, 5.41) is 16.7. The van der Waals surface area contributed by atoms with Gasteiger partial charge < -0.3 is 16.8 Å². The molecule has 2 atom stereocenters. The number of pyridine rings is 1. The van der Waals surface area contributed by atoms with E-state index < -0.39 is 21.8 Å². The molecule has 30 heavy (non-hydrogen) atoms. The van der Waals surface area contributed by atoms with Gasteiger partial charge in [0.15, 0.2) is 11.5 Å². The summed E-state index contributed by atoms with van der Waals surface area (Å²) in [7, 11) is -3.43. The molecule has 1 aliphatic rings. The van der Waals surface area contributed by atoms with Gasteiger partial charge in [0.1, 0.15) is 11.0 Å². The van der Waals surface area contributed by atoms with E-state index in [9.17, 15) is 8.42 Å². The fourth-order valence-corrected chi connectivity index (χ4v) is 5.75. The van der Waals surface area contributed by atoms with Crippen molar-refractivity contribution in [1.82, 2.24) is 25.4 Å². The minimum atomic E-state index is -2.00. The van der Waals surface area contributed by atoms with E-state index in [1.165, 1.54) is 4.52 Å². The number of nitrogens with zero attached hydrogens (tertiary/aromatic N) is 4. The summed E-state index contributed by atoms with van der Waals surface area (Å²) in [6.07, 6.45) is 1.69. The number of hydrogen-bond acceptors (Lipinski definition) is 9. The number of nitrogen functional groups attached to an aromatic ring is 1. The number of fused-ring (bicyclic) bond motifs is 1. The molecule has 0 aliphatic carbocycles. The molecule has 12 nitrogen and oxygen atoms in total. The predicted molar refractivity (Wildman–Crippen MR) is 115 cm³/mol. The average Bonchev–Trinajstić information content (AvgIpc) is 3.04. The van der Waals surface area contributed by atoms with Gasteiger partial charge in [0.2, 0.25) is 5.95 Å². The molecule has 2 aromatic heterocycles. The van der Waals surface area contributed by atoms with Crippen LogP contribution in [-0.2, 0) is 21.8 Å². The van der Waals surface area contributed by atoms with Crippen LogP contribution in [0.2, 0.25) is 0 Å². The highest BCUT2D eigenvalue weighted by atomic mass is 32.2. The molecule has 0 spiro atoms. The van der Waals surface area contributed by atoms with E-state index in [0.717, 1.165) is 0 Å². The van der Waals surface area contributed by atoms with Crippen molar-refractivity contribution in [2.75, 3.05) is 18.8 Å². The zero-order chi connectivity index (χ0) is 21.4. The highest BCUT2D eigenvalue weighted by Crippen LogP contribution is 2.33. The minimum Gasteiger partial charge on any atom is -0.382 e. The summed E-state index contributed by atoms with van der Waals surface area (Å²) < 4.78 is 27.1. The van der Waals surface area contributed by atoms with Crippen LogP contribution in [0.5, 0.6) is 0 Å². The third-order valence-corrected chi connectivity index (χ3v) is 7.35. The van der Waals surface area contributed by atoms with Crippen molar-refractivity contribution in [1.29, 1.82) is 0 Å². The Morgan fingerprint density at radius 2 is 2.03 bits per heavy atom. The lowest BCUT2D eigenvalue weighted by Gasteiger charge is -2.27. The molecule has 14 heteroatoms. The Labute approximate surface area is 176 Å². The Morgan fingerprint density at radius 1 is 1.27 bits per heavy atom. The second kappa shape index (κ2) is 8.08. The number of benzene rings is 1. The fourth-order valence-electron chi connectivity index (χ4n) is 3.19. The number of hydrazone groups is 1. The normalized spacial score (nSPS) is 16.9. The van der Waals surface area contributed by atoms with Gasteiger partial charge in [-0.2, -0.15) is 4.98 Å². The minimum absolute atomic E-state index is 0.0508. The number of rotatable bonds is 6. The number of hydrazine groups is 1. The van der Waals surface area contributed by atoms with Crippen molar-refractivity contribution < 1.29 is 8.42 Å². The molecule has 3 heterocycles. The molecule has 0 saturated carbocycles. The van der Waals surface area contributed by atoms with E-state index >= 15 is 0 Å². The van der Waals surface area contributed by atoms with Gasteiger partial charge in [0, 0.05) is 30.4 Å². The SMILES string of the molecule is NN/N=C(\N)c1c(-c2ccc3nc(N)nn3c2)ccc(S(=O)C2CNC2)c1S(N)=O. The van der Waals surface area contributed by atoms with Crippen LogP contribution in [0.15, 0.2) is 45.4 Å². The molecule has 1 fully saturated rings. The Bertz CT molecular complexity index is 1200. The highest BCUT2D eigenvalue weighted by Gasteiger charge is 2.30. The fraction of sp³-hybridized carbons (Fsp3) is 0.188. The molecule has 0 radical (unpaired) electrons. The van der Waals surface area contributed by atoms with Crippen LogP contribution in [0.3, 0.4) is 0 Å². The summed E-state index contributed by atoms with van der Waals surface area (Å²) >= 11 is 0. The zero-order valence-electron chi connectivity index (χ0n) is 15.6. The molecule has 0 amide bonds. The van der Waals surface area contributed by atoms with Crippen molar-refractivity contribution in [2.45, 2.75) is 15.0 Å². The van der Waals surface area contributed by atoms with Crippen molar-refractivity contribution in [3.63, 3.8) is 0 Å². The van der Waals surface area contributed by atoms with E-state index in [1.54, 1.807) is 30.5 Å². The molecule has 4 rings (SSSR count). The maximum Gasteiger partial charge on any atom is 0.240 e. The van der Waals surface area contributed by atoms with Crippen LogP contribution >= 0.6 is 0 Å². The lowest BCUT2D eigenvalue weighted by molar-refractivity contribution is 0.525. The third-order valence-electron chi connectivity index (χ3n) is 4.69. The Kier molecular flexibility index (Phi) is 5.48. The molecule has 1 saturated heterocycles. The number of nitrogens with two attached hydrogens (primary N) is 4. The van der Waals surface area contributed by atoms with Gasteiger partial charge >= 0.3 is 0 Å². The summed E-state index contributed by atoms with van der Waals surface area (Å²) in [6.45, 7) is 1.19. The molecule has 10 N–H and O–H groups in total. The van der Waals surface area contributed by atoms with Gasteiger partial charge in [-0.1, -0.05) is 6.07 Å². The number of hydrogen-bond donors (Lipinski definition) is 6. The zero-order valence-corrected chi connectivity index (χ0v) is 17.2. The standard InChI is InChI=1S/C16H20N10O2S2/c17-15(23-25-19)13-10(8-1-4-12-22-16(18)24-26(12)7-8)2-3-11(14(13)30(20)28)29(27)9-5-21-6-9/h1-4,7,9,21,25H,5-6,19-20H2,(H2,17,23)(H2,18,24). The quantitative estimate of drug-likeness (QED) is 0.108. The third kappa shape index (κ3) is 3.54. The summed E-state index contributed by atoms with van der Waals surface area (Å²) in [6, 6.07) is 6.88. The van der Waals surface area contributed by atoms with Crippen LogP contribution in [0.1, 0.15) is 5.56 Å². The van der Waals surface area contributed by atoms with Gasteiger partial charge in [-0.15, -0.1) is 10.2 Å². The van der Waals surface area contributed by atoms with Crippen LogP contribution in [0, 0.1) is 0 Å². The first kappa shape index (κ1) is 20.4. The summed E-state index contributed by atoms with van der Waals surface area (Å²) in [4.78, 5) is 4.59. The topological polar surface area (TPSA) is 205 Å². The second-order valence-electron chi connectivity index (χ2n) is 6.51. The first-order chi connectivity index (χ1) is 14.4. The Morgan fingerprint density at radius 3 is 2.67 bits per heavy atom. The lowest BCUT2D eigenvalue weighted by atomic mass is 10.00. The first-order valence-electron chi connectivity index (χ1n) is 8.76. The lowest BCUT2D eigenvalue weighted by Crippen LogP contribution is -2.49. The first-order valence-corrected chi connectivity index (χ1v) is 11.2. The summed E-state index contributed by atoms with van der Waals surface area (Å²) in [5.74, 6) is 5.38. The van der Waals surface area contributed by atoms with Crippen molar-refractivity contribution in [3.05, 3.63) is 36.0 Å². The monoisotopic (exact) mass is 448 g/mol. The van der Waals surface area contributed by atoms with Gasteiger partial charge in [0.25, 0.3) is 0 Å². The van der Waals surface area contributed by atoms with Crippen LogP contribution in [0.25, 0.3) is 16.8 Å². The van der Waals surface area contributed by atoms with Gasteiger partial charge in [0.05, 0.1) is 25.8 Å². The number of anilines is 1. The van der Waals surface area contributed by atoms with Crippen molar-refractivity contribution in [3.8, 4) is 11.1 Å². The number of nitrogens with one attached hydrogen (secondary N) is 2. The molecule has 158 valence electrons. The second-order valence-corrected chi connectivity index (χ2v) is 9.21. The average molecular weight is 449 g/mol. The highest BCUT2D eigenvalue weighted by molar-refractivity contribution is 7.87. The van der Waals surface area contributed by atoms with Gasteiger partial charge in [-0.25, -0.2) is 25.2 Å². The van der Waals surface area contributed by atoms with Crippen molar-refractivity contribution in [2.24, 2.45) is 21.8 Å². The molecule has 0 bridgehead atoms. The van der Waals surface area contributed by atoms with Gasteiger partial charge in [-0.3, -0.25) is 4.21 Å².